The van der Waals surface area contributed by atoms with E-state index in [-0.39, 0.29) is 5.75 Å². The van der Waals surface area contributed by atoms with Gasteiger partial charge in [0.2, 0.25) is 0 Å². The molecule has 0 bridgehead atoms. The number of nitrogens with one attached hydrogen (secondary N) is 1. The summed E-state index contributed by atoms with van der Waals surface area (Å²) in [5.41, 5.74) is 0.908. The second-order valence-corrected chi connectivity index (χ2v) is 4.91. The van der Waals surface area contributed by atoms with Gasteiger partial charge in [-0.15, -0.1) is 0 Å². The molecule has 18 heavy (non-hydrogen) atoms. The fraction of sp³-hybridized carbons (Fsp3) is 0.571. The van der Waals surface area contributed by atoms with E-state index < -0.39 is 5.82 Å². The van der Waals surface area contributed by atoms with Crippen LogP contribution in [0.2, 0.25) is 0 Å². The van der Waals surface area contributed by atoms with Gasteiger partial charge in [-0.1, -0.05) is 13.0 Å². The molecule has 0 saturated carbocycles. The Balaban J connectivity index is 1.94. The molecular formula is C14H21FN2O. The molecule has 1 saturated heterocycles. The van der Waals surface area contributed by atoms with Crippen molar-refractivity contribution >= 4 is 0 Å². The Labute approximate surface area is 108 Å². The monoisotopic (exact) mass is 252 g/mol. The molecule has 0 radical (unpaired) electrons. The Morgan fingerprint density at radius 1 is 1.50 bits per heavy atom. The third-order valence-electron chi connectivity index (χ3n) is 3.51. The van der Waals surface area contributed by atoms with E-state index in [9.17, 15) is 4.39 Å². The maximum Gasteiger partial charge on any atom is 0.165 e. The molecule has 1 aliphatic heterocycles. The molecule has 1 aromatic rings. The van der Waals surface area contributed by atoms with Crippen molar-refractivity contribution in [2.24, 2.45) is 0 Å². The molecule has 2 N–H and O–H groups in total. The second kappa shape index (κ2) is 6.16. The SMILES string of the molecule is CCN(Cc1ccc(O)c(F)c1)CC1CCCN1. The van der Waals surface area contributed by atoms with Crippen molar-refractivity contribution in [2.75, 3.05) is 19.6 Å². The smallest absolute Gasteiger partial charge is 0.165 e. The quantitative estimate of drug-likeness (QED) is 0.842. The lowest BCUT2D eigenvalue weighted by Crippen LogP contribution is -2.37. The summed E-state index contributed by atoms with van der Waals surface area (Å²) in [5, 5.41) is 12.6. The summed E-state index contributed by atoms with van der Waals surface area (Å²) in [6, 6.07) is 5.18. The number of aromatic hydroxyl groups is 1. The molecule has 0 aliphatic carbocycles. The molecule has 3 nitrogen and oxygen atoms in total. The highest BCUT2D eigenvalue weighted by Gasteiger charge is 2.17. The molecule has 0 aromatic heterocycles. The van der Waals surface area contributed by atoms with E-state index in [0.717, 1.165) is 31.7 Å². The first-order chi connectivity index (χ1) is 8.69. The third-order valence-corrected chi connectivity index (χ3v) is 3.51. The minimum absolute atomic E-state index is 0.278. The van der Waals surface area contributed by atoms with Gasteiger partial charge in [-0.3, -0.25) is 4.90 Å². The van der Waals surface area contributed by atoms with Crippen molar-refractivity contribution in [3.63, 3.8) is 0 Å². The van der Waals surface area contributed by atoms with Gasteiger partial charge < -0.3 is 10.4 Å². The summed E-state index contributed by atoms with van der Waals surface area (Å²) in [5.74, 6) is -0.818. The highest BCUT2D eigenvalue weighted by Crippen LogP contribution is 2.18. The predicted molar refractivity (Wildman–Crippen MR) is 70.0 cm³/mol. The summed E-state index contributed by atoms with van der Waals surface area (Å²) >= 11 is 0. The van der Waals surface area contributed by atoms with E-state index in [2.05, 4.69) is 17.1 Å². The van der Waals surface area contributed by atoms with E-state index in [0.29, 0.717) is 6.04 Å². The zero-order chi connectivity index (χ0) is 13.0. The average molecular weight is 252 g/mol. The van der Waals surface area contributed by atoms with Crippen LogP contribution in [0.5, 0.6) is 5.75 Å². The van der Waals surface area contributed by atoms with Gasteiger partial charge in [-0.25, -0.2) is 4.39 Å². The molecule has 1 fully saturated rings. The standard InChI is InChI=1S/C14H21FN2O/c1-2-17(10-12-4-3-7-16-12)9-11-5-6-14(18)13(15)8-11/h5-6,8,12,16,18H,2-4,7,9-10H2,1H3. The van der Waals surface area contributed by atoms with Crippen LogP contribution in [0.4, 0.5) is 4.39 Å². The van der Waals surface area contributed by atoms with Crippen molar-refractivity contribution < 1.29 is 9.50 Å². The number of benzene rings is 1. The average Bonchev–Trinajstić information content (AvgIpc) is 2.86. The van der Waals surface area contributed by atoms with E-state index >= 15 is 0 Å². The van der Waals surface area contributed by atoms with Crippen LogP contribution in [0.1, 0.15) is 25.3 Å². The van der Waals surface area contributed by atoms with Crippen molar-refractivity contribution in [1.82, 2.24) is 10.2 Å². The van der Waals surface area contributed by atoms with E-state index in [4.69, 9.17) is 5.11 Å². The number of likely N-dealkylation sites (N-methyl/N-ethyl adjacent to an activating group) is 1. The highest BCUT2D eigenvalue weighted by molar-refractivity contribution is 5.27. The van der Waals surface area contributed by atoms with Crippen LogP contribution in [0.3, 0.4) is 0 Å². The summed E-state index contributed by atoms with van der Waals surface area (Å²) < 4.78 is 13.3. The number of hydrogen-bond donors (Lipinski definition) is 2. The lowest BCUT2D eigenvalue weighted by atomic mass is 10.1. The van der Waals surface area contributed by atoms with Crippen LogP contribution in [0.25, 0.3) is 0 Å². The fourth-order valence-electron chi connectivity index (χ4n) is 2.44. The first kappa shape index (κ1) is 13.3. The maximum atomic E-state index is 13.3. The van der Waals surface area contributed by atoms with Crippen molar-refractivity contribution in [3.05, 3.63) is 29.6 Å². The highest BCUT2D eigenvalue weighted by atomic mass is 19.1. The molecule has 1 heterocycles. The van der Waals surface area contributed by atoms with Gasteiger partial charge in [0.05, 0.1) is 0 Å². The van der Waals surface area contributed by atoms with Crippen molar-refractivity contribution in [1.29, 1.82) is 0 Å². The molecule has 1 atom stereocenters. The maximum absolute atomic E-state index is 13.3. The number of hydrogen-bond acceptors (Lipinski definition) is 3. The molecule has 1 aromatic carbocycles. The number of rotatable bonds is 5. The summed E-state index contributed by atoms with van der Waals surface area (Å²) in [7, 11) is 0. The Hall–Kier alpha value is -1.13. The summed E-state index contributed by atoms with van der Waals surface area (Å²) in [6.45, 7) is 5.90. The van der Waals surface area contributed by atoms with Gasteiger partial charge in [-0.05, 0) is 43.6 Å². The van der Waals surface area contributed by atoms with Gasteiger partial charge in [0.1, 0.15) is 0 Å². The topological polar surface area (TPSA) is 35.5 Å². The molecule has 0 amide bonds. The molecule has 0 spiro atoms. The lowest BCUT2D eigenvalue weighted by molar-refractivity contribution is 0.253. The minimum atomic E-state index is -0.539. The van der Waals surface area contributed by atoms with Crippen molar-refractivity contribution in [2.45, 2.75) is 32.4 Å². The van der Waals surface area contributed by atoms with Crippen LogP contribution >= 0.6 is 0 Å². The first-order valence-corrected chi connectivity index (χ1v) is 6.62. The number of phenols is 1. The summed E-state index contributed by atoms with van der Waals surface area (Å²) in [6.07, 6.45) is 2.47. The van der Waals surface area contributed by atoms with Gasteiger partial charge in [0.15, 0.2) is 11.6 Å². The van der Waals surface area contributed by atoms with Crippen LogP contribution in [-0.2, 0) is 6.54 Å². The molecule has 1 aliphatic rings. The Morgan fingerprint density at radius 2 is 2.33 bits per heavy atom. The van der Waals surface area contributed by atoms with Crippen molar-refractivity contribution in [3.8, 4) is 5.75 Å². The lowest BCUT2D eigenvalue weighted by Gasteiger charge is -2.24. The third kappa shape index (κ3) is 3.43. The van der Waals surface area contributed by atoms with Crippen LogP contribution in [-0.4, -0.2) is 35.7 Å². The van der Waals surface area contributed by atoms with Gasteiger partial charge in [0.25, 0.3) is 0 Å². The molecule has 100 valence electrons. The predicted octanol–water partition coefficient (Wildman–Crippen LogP) is 2.11. The first-order valence-electron chi connectivity index (χ1n) is 6.62. The number of phenolic OH excluding ortho intramolecular Hbond substituents is 1. The van der Waals surface area contributed by atoms with Gasteiger partial charge in [-0.2, -0.15) is 0 Å². The van der Waals surface area contributed by atoms with Gasteiger partial charge in [0, 0.05) is 19.1 Å². The van der Waals surface area contributed by atoms with E-state index in [1.165, 1.54) is 25.0 Å². The molecule has 1 unspecified atom stereocenters. The fourth-order valence-corrected chi connectivity index (χ4v) is 2.44. The van der Waals surface area contributed by atoms with Crippen LogP contribution in [0, 0.1) is 5.82 Å². The van der Waals surface area contributed by atoms with Crippen LogP contribution in [0.15, 0.2) is 18.2 Å². The number of nitrogens with zero attached hydrogens (tertiary/aromatic N) is 1. The molecular weight excluding hydrogens is 231 g/mol. The second-order valence-electron chi connectivity index (χ2n) is 4.91. The number of halogens is 1. The molecule has 2 rings (SSSR count). The largest absolute Gasteiger partial charge is 0.505 e. The zero-order valence-electron chi connectivity index (χ0n) is 10.8. The Morgan fingerprint density at radius 3 is 2.94 bits per heavy atom. The normalized spacial score (nSPS) is 19.6. The van der Waals surface area contributed by atoms with Crippen LogP contribution < -0.4 is 5.32 Å². The van der Waals surface area contributed by atoms with Gasteiger partial charge >= 0.3 is 0 Å². The Kier molecular flexibility index (Phi) is 4.55. The molecule has 4 heteroatoms. The van der Waals surface area contributed by atoms with E-state index in [1.807, 2.05) is 0 Å². The zero-order valence-corrected chi connectivity index (χ0v) is 10.8. The Bertz CT molecular complexity index is 391. The van der Waals surface area contributed by atoms with E-state index in [1.54, 1.807) is 6.07 Å². The summed E-state index contributed by atoms with van der Waals surface area (Å²) in [4.78, 5) is 2.30. The minimum Gasteiger partial charge on any atom is -0.505 e.